The lowest BCUT2D eigenvalue weighted by molar-refractivity contribution is 0.210. The first kappa shape index (κ1) is 18.7. The van der Waals surface area contributed by atoms with Crippen molar-refractivity contribution in [2.24, 2.45) is 5.73 Å². The van der Waals surface area contributed by atoms with E-state index in [2.05, 4.69) is 6.07 Å². The molecule has 5 nitrogen and oxygen atoms in total. The maximum absolute atomic E-state index is 13.1. The van der Waals surface area contributed by atoms with Gasteiger partial charge in [-0.15, -0.1) is 0 Å². The summed E-state index contributed by atoms with van der Waals surface area (Å²) < 4.78 is 12.6. The molecular formula is C24H20N2O3S. The lowest BCUT2D eigenvalue weighted by Crippen LogP contribution is -2.25. The van der Waals surface area contributed by atoms with Crippen LogP contribution in [0.3, 0.4) is 0 Å². The zero-order valence-corrected chi connectivity index (χ0v) is 17.1. The van der Waals surface area contributed by atoms with Crippen LogP contribution in [0.2, 0.25) is 0 Å². The van der Waals surface area contributed by atoms with Gasteiger partial charge in [0.05, 0.1) is 17.6 Å². The maximum atomic E-state index is 13.1. The number of nitrogens with zero attached hydrogens (tertiary/aromatic N) is 1. The molecule has 2 N–H and O–H groups in total. The summed E-state index contributed by atoms with van der Waals surface area (Å²) in [6.07, 6.45) is 4.85. The molecule has 2 aromatic carbocycles. The van der Waals surface area contributed by atoms with E-state index in [0.29, 0.717) is 11.3 Å². The van der Waals surface area contributed by atoms with Crippen molar-refractivity contribution in [2.45, 2.75) is 37.7 Å². The average Bonchev–Trinajstić information content (AvgIpc) is 3.26. The van der Waals surface area contributed by atoms with Crippen LogP contribution in [-0.2, 0) is 0 Å². The number of allylic oxidation sites excluding steroid dienone is 1. The minimum atomic E-state index is -0.562. The molecule has 0 radical (unpaired) electrons. The number of fused-ring (bicyclic) bond motifs is 3. The molecule has 2 heterocycles. The molecule has 3 aromatic rings. The highest BCUT2D eigenvalue weighted by atomic mass is 32.1. The summed E-state index contributed by atoms with van der Waals surface area (Å²) in [5.41, 5.74) is 7.66. The van der Waals surface area contributed by atoms with Crippen molar-refractivity contribution in [2.75, 3.05) is 0 Å². The quantitative estimate of drug-likeness (QED) is 0.663. The Hall–Kier alpha value is -3.30. The van der Waals surface area contributed by atoms with Gasteiger partial charge in [-0.1, -0.05) is 35.6 Å². The third kappa shape index (κ3) is 3.12. The largest absolute Gasteiger partial charge is 0.490 e. The van der Waals surface area contributed by atoms with E-state index in [-0.39, 0.29) is 22.3 Å². The van der Waals surface area contributed by atoms with Gasteiger partial charge in [0.1, 0.15) is 23.1 Å². The predicted octanol–water partition coefficient (Wildman–Crippen LogP) is 4.80. The summed E-state index contributed by atoms with van der Waals surface area (Å²) in [5, 5.41) is 10.6. The molecule has 30 heavy (non-hydrogen) atoms. The standard InChI is InChI=1S/C24H20N2O3S/c25-13-18-20(14-9-11-16(12-10-14)28-15-5-1-2-6-15)21-22(29-23(18)26)17-7-3-4-8-19(17)30-24(21)27/h3-4,7-12,15,20H,1-2,5-6,26H2/t20-/m0/s1. The summed E-state index contributed by atoms with van der Waals surface area (Å²) in [5.74, 6) is 0.730. The zero-order chi connectivity index (χ0) is 20.7. The van der Waals surface area contributed by atoms with E-state index in [9.17, 15) is 10.1 Å². The molecule has 1 aliphatic heterocycles. The van der Waals surface area contributed by atoms with Crippen molar-refractivity contribution in [3.05, 3.63) is 80.7 Å². The Kier molecular flexibility index (Phi) is 4.68. The lowest BCUT2D eigenvalue weighted by atomic mass is 9.84. The number of nitrogens with two attached hydrogens (primary N) is 1. The second kappa shape index (κ2) is 7.51. The highest BCUT2D eigenvalue weighted by Crippen LogP contribution is 2.44. The van der Waals surface area contributed by atoms with Crippen molar-refractivity contribution >= 4 is 21.4 Å². The van der Waals surface area contributed by atoms with Crippen LogP contribution in [0.5, 0.6) is 11.5 Å². The van der Waals surface area contributed by atoms with Gasteiger partial charge in [0, 0.05) is 10.1 Å². The Labute approximate surface area is 178 Å². The van der Waals surface area contributed by atoms with Crippen LogP contribution in [0, 0.1) is 11.3 Å². The van der Waals surface area contributed by atoms with Crippen molar-refractivity contribution in [1.29, 1.82) is 5.26 Å². The summed E-state index contributed by atoms with van der Waals surface area (Å²) in [6, 6.07) is 17.4. The van der Waals surface area contributed by atoms with Gasteiger partial charge in [0.15, 0.2) is 0 Å². The van der Waals surface area contributed by atoms with Crippen LogP contribution in [0.25, 0.3) is 10.1 Å². The number of ether oxygens (including phenoxy) is 2. The highest BCUT2D eigenvalue weighted by Gasteiger charge is 2.34. The van der Waals surface area contributed by atoms with Gasteiger partial charge in [-0.25, -0.2) is 0 Å². The van der Waals surface area contributed by atoms with Gasteiger partial charge in [-0.3, -0.25) is 4.79 Å². The van der Waals surface area contributed by atoms with E-state index in [1.807, 2.05) is 48.5 Å². The fourth-order valence-electron chi connectivity index (χ4n) is 4.34. The molecule has 150 valence electrons. The van der Waals surface area contributed by atoms with E-state index in [1.165, 1.54) is 12.8 Å². The molecule has 5 rings (SSSR count). The van der Waals surface area contributed by atoms with E-state index in [4.69, 9.17) is 15.2 Å². The second-order valence-electron chi connectivity index (χ2n) is 7.65. The van der Waals surface area contributed by atoms with Crippen molar-refractivity contribution in [1.82, 2.24) is 0 Å². The molecule has 0 unspecified atom stereocenters. The SMILES string of the molecule is N#CC1=C(N)Oc2c(c(=O)sc3ccccc23)[C@H]1c1ccc(OC2CCCC2)cc1. The molecule has 1 saturated carbocycles. The van der Waals surface area contributed by atoms with E-state index in [0.717, 1.165) is 45.6 Å². The molecule has 1 aromatic heterocycles. The third-order valence-corrected chi connectivity index (χ3v) is 6.77. The minimum absolute atomic E-state index is 0.0436. The molecule has 1 fully saturated rings. The van der Waals surface area contributed by atoms with Crippen LogP contribution in [-0.4, -0.2) is 6.10 Å². The molecular weight excluding hydrogens is 396 g/mol. The van der Waals surface area contributed by atoms with Crippen LogP contribution in [0.1, 0.15) is 42.7 Å². The number of benzene rings is 2. The molecule has 1 aliphatic carbocycles. The average molecular weight is 417 g/mol. The van der Waals surface area contributed by atoms with Crippen molar-refractivity contribution in [3.8, 4) is 17.6 Å². The van der Waals surface area contributed by atoms with Gasteiger partial charge in [-0.05, 0) is 55.5 Å². The van der Waals surface area contributed by atoms with Gasteiger partial charge in [-0.2, -0.15) is 5.26 Å². The van der Waals surface area contributed by atoms with Crippen LogP contribution >= 0.6 is 11.3 Å². The van der Waals surface area contributed by atoms with Gasteiger partial charge >= 0.3 is 0 Å². The second-order valence-corrected chi connectivity index (χ2v) is 8.66. The molecule has 2 aliphatic rings. The van der Waals surface area contributed by atoms with Crippen molar-refractivity contribution < 1.29 is 9.47 Å². The zero-order valence-electron chi connectivity index (χ0n) is 16.3. The third-order valence-electron chi connectivity index (χ3n) is 5.79. The summed E-state index contributed by atoms with van der Waals surface area (Å²) >= 11 is 1.16. The van der Waals surface area contributed by atoms with E-state index < -0.39 is 5.92 Å². The van der Waals surface area contributed by atoms with Crippen LogP contribution < -0.4 is 19.9 Å². The Balaban J connectivity index is 1.61. The number of hydrogen-bond acceptors (Lipinski definition) is 6. The predicted molar refractivity (Wildman–Crippen MR) is 117 cm³/mol. The highest BCUT2D eigenvalue weighted by molar-refractivity contribution is 7.16. The summed E-state index contributed by atoms with van der Waals surface area (Å²) in [7, 11) is 0. The fourth-order valence-corrected chi connectivity index (χ4v) is 5.27. The first-order valence-corrected chi connectivity index (χ1v) is 10.9. The van der Waals surface area contributed by atoms with Gasteiger partial charge in [0.2, 0.25) is 10.6 Å². The van der Waals surface area contributed by atoms with Crippen LogP contribution in [0.15, 0.2) is 64.8 Å². The summed E-state index contributed by atoms with van der Waals surface area (Å²) in [6.45, 7) is 0. The normalized spacial score (nSPS) is 18.7. The maximum Gasteiger partial charge on any atom is 0.240 e. The molecule has 0 saturated heterocycles. The smallest absolute Gasteiger partial charge is 0.240 e. The Morgan fingerprint density at radius 2 is 1.83 bits per heavy atom. The minimum Gasteiger partial charge on any atom is -0.490 e. The first-order chi connectivity index (χ1) is 14.7. The number of rotatable bonds is 3. The van der Waals surface area contributed by atoms with E-state index in [1.54, 1.807) is 0 Å². The number of nitriles is 1. The van der Waals surface area contributed by atoms with Gasteiger partial charge < -0.3 is 15.2 Å². The fraction of sp³-hybridized carbons (Fsp3) is 0.250. The van der Waals surface area contributed by atoms with Gasteiger partial charge in [0.25, 0.3) is 0 Å². The molecule has 6 heteroatoms. The monoisotopic (exact) mass is 416 g/mol. The molecule has 0 bridgehead atoms. The topological polar surface area (TPSA) is 85.3 Å². The molecule has 1 atom stereocenters. The molecule has 0 spiro atoms. The summed E-state index contributed by atoms with van der Waals surface area (Å²) in [4.78, 5) is 13.1. The number of hydrogen-bond donors (Lipinski definition) is 1. The van der Waals surface area contributed by atoms with Crippen molar-refractivity contribution in [3.63, 3.8) is 0 Å². The lowest BCUT2D eigenvalue weighted by Gasteiger charge is -2.26. The van der Waals surface area contributed by atoms with Crippen LogP contribution in [0.4, 0.5) is 0 Å². The Bertz CT molecular complexity index is 1250. The molecule has 0 amide bonds. The van der Waals surface area contributed by atoms with E-state index >= 15 is 0 Å². The Morgan fingerprint density at radius 3 is 2.57 bits per heavy atom. The Morgan fingerprint density at radius 1 is 1.10 bits per heavy atom. The first-order valence-electron chi connectivity index (χ1n) is 10.1.